The van der Waals surface area contributed by atoms with Crippen molar-refractivity contribution < 1.29 is 19.4 Å². The number of carbonyl (C=O) groups is 1. The monoisotopic (exact) mass is 559 g/mol. The first-order chi connectivity index (χ1) is 19.3. The molecule has 0 fully saturated rings. The number of rotatable bonds is 10. The number of H-pyrrole nitrogens is 1. The number of benzene rings is 3. The third-order valence-corrected chi connectivity index (χ3v) is 7.62. The number of aryl methyl sites for hydroxylation is 2. The van der Waals surface area contributed by atoms with Gasteiger partial charge < -0.3 is 19.5 Å². The average Bonchev–Trinajstić information content (AvgIpc) is 3.47. The molecule has 0 bridgehead atoms. The molecule has 7 nitrogen and oxygen atoms in total. The van der Waals surface area contributed by atoms with Crippen molar-refractivity contribution in [2.75, 3.05) is 13.2 Å². The quantitative estimate of drug-likeness (QED) is 0.198. The van der Waals surface area contributed by atoms with E-state index < -0.39 is 6.04 Å². The maximum atomic E-state index is 13.9. The molecule has 0 spiro atoms. The molecule has 1 unspecified atom stereocenters. The number of aromatic amines is 1. The van der Waals surface area contributed by atoms with E-state index in [2.05, 4.69) is 17.1 Å². The molecule has 2 N–H and O–H groups in total. The van der Waals surface area contributed by atoms with E-state index >= 15 is 0 Å². The van der Waals surface area contributed by atoms with Crippen LogP contribution in [-0.2, 0) is 6.54 Å². The summed E-state index contributed by atoms with van der Waals surface area (Å²) in [5.41, 5.74) is 5.80. The van der Waals surface area contributed by atoms with Crippen LogP contribution < -0.4 is 9.47 Å². The lowest BCUT2D eigenvalue weighted by Gasteiger charge is -2.27. The molecular weight excluding hydrogens is 526 g/mol. The Labute approximate surface area is 239 Å². The van der Waals surface area contributed by atoms with Gasteiger partial charge >= 0.3 is 0 Å². The van der Waals surface area contributed by atoms with Crippen molar-refractivity contribution in [3.8, 4) is 28.5 Å². The Balaban J connectivity index is 1.64. The van der Waals surface area contributed by atoms with Crippen LogP contribution in [0.3, 0.4) is 0 Å². The minimum Gasteiger partial charge on any atom is -0.507 e. The van der Waals surface area contributed by atoms with Gasteiger partial charge in [0.2, 0.25) is 0 Å². The summed E-state index contributed by atoms with van der Waals surface area (Å²) in [4.78, 5) is 15.7. The number of halogens is 1. The van der Waals surface area contributed by atoms with Gasteiger partial charge in [0.15, 0.2) is 11.5 Å². The molecule has 0 radical (unpaired) electrons. The first kappa shape index (κ1) is 27.6. The summed E-state index contributed by atoms with van der Waals surface area (Å²) in [5.74, 6) is 1.18. The lowest BCUT2D eigenvalue weighted by Crippen LogP contribution is -2.29. The van der Waals surface area contributed by atoms with Crippen molar-refractivity contribution in [2.24, 2.45) is 0 Å². The van der Waals surface area contributed by atoms with E-state index in [4.69, 9.17) is 21.1 Å². The summed E-state index contributed by atoms with van der Waals surface area (Å²) in [6.45, 7) is 9.38. The van der Waals surface area contributed by atoms with E-state index in [1.165, 1.54) is 0 Å². The second-order valence-electron chi connectivity index (χ2n) is 10.1. The number of fused-ring (bicyclic) bond motifs is 1. The van der Waals surface area contributed by atoms with Crippen LogP contribution in [0.25, 0.3) is 11.3 Å². The van der Waals surface area contributed by atoms with Gasteiger partial charge in [0.1, 0.15) is 17.1 Å². The zero-order chi connectivity index (χ0) is 28.4. The van der Waals surface area contributed by atoms with E-state index in [0.717, 1.165) is 35.1 Å². The summed E-state index contributed by atoms with van der Waals surface area (Å²) in [7, 11) is 0. The fourth-order valence-electron chi connectivity index (χ4n) is 5.07. The molecule has 2 heterocycles. The third kappa shape index (κ3) is 5.26. The van der Waals surface area contributed by atoms with Gasteiger partial charge in [-0.1, -0.05) is 60.8 Å². The van der Waals surface area contributed by atoms with Crippen LogP contribution in [0.4, 0.5) is 0 Å². The van der Waals surface area contributed by atoms with Crippen molar-refractivity contribution in [3.05, 3.63) is 93.1 Å². The number of ether oxygens (including phenoxy) is 2. The number of phenolic OH excluding ortho intramolecular Hbond substituents is 1. The number of hydrogen-bond acceptors (Lipinski definition) is 5. The smallest absolute Gasteiger partial charge is 0.273 e. The summed E-state index contributed by atoms with van der Waals surface area (Å²) in [5, 5.41) is 18.8. The minimum atomic E-state index is -0.485. The number of hydrogen-bond donors (Lipinski definition) is 2. The van der Waals surface area contributed by atoms with E-state index in [0.29, 0.717) is 58.8 Å². The molecule has 1 aromatic heterocycles. The minimum absolute atomic E-state index is 0.0501. The number of aromatic nitrogens is 2. The number of unbranched alkanes of at least 4 members (excludes halogenated alkanes) is 1. The molecule has 40 heavy (non-hydrogen) atoms. The van der Waals surface area contributed by atoms with Gasteiger partial charge in [-0.3, -0.25) is 9.89 Å². The van der Waals surface area contributed by atoms with E-state index in [1.807, 2.05) is 68.1 Å². The van der Waals surface area contributed by atoms with Crippen molar-refractivity contribution in [1.29, 1.82) is 0 Å². The van der Waals surface area contributed by atoms with E-state index in [9.17, 15) is 9.90 Å². The van der Waals surface area contributed by atoms with Crippen LogP contribution >= 0.6 is 11.6 Å². The third-order valence-electron chi connectivity index (χ3n) is 7.21. The van der Waals surface area contributed by atoms with E-state index in [1.54, 1.807) is 12.1 Å². The van der Waals surface area contributed by atoms with E-state index in [-0.39, 0.29) is 11.7 Å². The van der Waals surface area contributed by atoms with Gasteiger partial charge in [-0.2, -0.15) is 5.10 Å². The zero-order valence-corrected chi connectivity index (χ0v) is 24.0. The Hall–Kier alpha value is -3.97. The highest BCUT2D eigenvalue weighted by Crippen LogP contribution is 2.47. The summed E-state index contributed by atoms with van der Waals surface area (Å²) in [6, 6.07) is 16.8. The first-order valence-electron chi connectivity index (χ1n) is 13.7. The summed E-state index contributed by atoms with van der Waals surface area (Å²) >= 11 is 6.45. The number of amides is 1. The molecule has 1 aliphatic heterocycles. The number of carbonyl (C=O) groups excluding carboxylic acids is 1. The molecule has 3 aromatic carbocycles. The first-order valence-corrected chi connectivity index (χ1v) is 14.0. The number of phenols is 1. The normalized spacial score (nSPS) is 14.5. The fourth-order valence-corrected chi connectivity index (χ4v) is 5.23. The molecule has 0 aliphatic carbocycles. The standard InChI is InChI=1S/C32H34ClN3O4/c1-5-7-14-40-26-13-12-22(16-27(26)39-6-2)31-28-29(23-17-24(33)20(4)15-25(23)37)34-35-30(28)32(38)36(31)18-21-10-8-19(3)9-11-21/h8-13,15-17,31,37H,5-7,14,18H2,1-4H3,(H,34,35). The molecule has 4 aromatic rings. The Bertz CT molecular complexity index is 1530. The maximum absolute atomic E-state index is 13.9. The lowest BCUT2D eigenvalue weighted by molar-refractivity contribution is 0.0729. The van der Waals surface area contributed by atoms with Gasteiger partial charge in [0.25, 0.3) is 5.91 Å². The molecule has 208 valence electrons. The molecule has 1 atom stereocenters. The molecule has 8 heteroatoms. The maximum Gasteiger partial charge on any atom is 0.273 e. The van der Waals surface area contributed by atoms with Gasteiger partial charge in [-0.15, -0.1) is 0 Å². The van der Waals surface area contributed by atoms with Crippen molar-refractivity contribution in [2.45, 2.75) is 53.1 Å². The molecule has 0 saturated heterocycles. The van der Waals surface area contributed by atoms with Crippen LogP contribution in [-0.4, -0.2) is 39.3 Å². The lowest BCUT2D eigenvalue weighted by atomic mass is 9.94. The fraction of sp³-hybridized carbons (Fsp3) is 0.312. The van der Waals surface area contributed by atoms with Crippen molar-refractivity contribution in [3.63, 3.8) is 0 Å². The van der Waals surface area contributed by atoms with Gasteiger partial charge in [0, 0.05) is 22.7 Å². The molecule has 1 amide bonds. The molecule has 0 saturated carbocycles. The summed E-state index contributed by atoms with van der Waals surface area (Å²) < 4.78 is 12.0. The predicted molar refractivity (Wildman–Crippen MR) is 156 cm³/mol. The van der Waals surface area contributed by atoms with Gasteiger partial charge in [0.05, 0.1) is 19.3 Å². The van der Waals surface area contributed by atoms with Crippen LogP contribution in [0, 0.1) is 13.8 Å². The Morgan fingerprint density at radius 2 is 1.80 bits per heavy atom. The van der Waals surface area contributed by atoms with Crippen LogP contribution in [0.1, 0.15) is 71.0 Å². The largest absolute Gasteiger partial charge is 0.507 e. The number of nitrogens with one attached hydrogen (secondary N) is 1. The van der Waals surface area contributed by atoms with Crippen LogP contribution in [0.15, 0.2) is 54.6 Å². The molecular formula is C32H34ClN3O4. The Kier molecular flexibility index (Phi) is 8.03. The predicted octanol–water partition coefficient (Wildman–Crippen LogP) is 7.38. The second-order valence-corrected chi connectivity index (χ2v) is 10.5. The molecule has 5 rings (SSSR count). The second kappa shape index (κ2) is 11.6. The van der Waals surface area contributed by atoms with Crippen molar-refractivity contribution in [1.82, 2.24) is 15.1 Å². The highest BCUT2D eigenvalue weighted by atomic mass is 35.5. The highest BCUT2D eigenvalue weighted by Gasteiger charge is 2.43. The van der Waals surface area contributed by atoms with Gasteiger partial charge in [-0.05, 0) is 68.1 Å². The SMILES string of the molecule is CCCCOc1ccc(C2c3c(-c4cc(Cl)c(C)cc4O)n[nH]c3C(=O)N2Cc2ccc(C)cc2)cc1OCC. The van der Waals surface area contributed by atoms with Crippen LogP contribution in [0.5, 0.6) is 17.2 Å². The van der Waals surface area contributed by atoms with Gasteiger partial charge in [-0.25, -0.2) is 0 Å². The zero-order valence-electron chi connectivity index (χ0n) is 23.3. The van der Waals surface area contributed by atoms with Crippen LogP contribution in [0.2, 0.25) is 5.02 Å². The average molecular weight is 560 g/mol. The van der Waals surface area contributed by atoms with Crippen molar-refractivity contribution >= 4 is 17.5 Å². The Morgan fingerprint density at radius 1 is 1.02 bits per heavy atom. The topological polar surface area (TPSA) is 87.7 Å². The number of nitrogens with zero attached hydrogens (tertiary/aromatic N) is 2. The summed E-state index contributed by atoms with van der Waals surface area (Å²) in [6.07, 6.45) is 1.97. The molecule has 1 aliphatic rings. The number of aromatic hydroxyl groups is 1. The highest BCUT2D eigenvalue weighted by molar-refractivity contribution is 6.31. The Morgan fingerprint density at radius 3 is 2.52 bits per heavy atom.